The molecule has 0 aliphatic carbocycles. The van der Waals surface area contributed by atoms with Gasteiger partial charge in [-0.2, -0.15) is 0 Å². The Hall–Kier alpha value is -0.240. The molecule has 1 rings (SSSR count). The van der Waals surface area contributed by atoms with Gasteiger partial charge < -0.3 is 30.3 Å². The van der Waals surface area contributed by atoms with Gasteiger partial charge in [0.1, 0.15) is 24.4 Å². The molecule has 1 heterocycles. The standard InChI is InChI=1S/C6H12O6/c7-1-2-3(8)4(9)5(10)6(11)12-2/h2-11H,1H2/t2-,3-,4+,5+,6?/m1/s1/i5D. The molecule has 5 atom stereocenters. The molecule has 0 spiro atoms. The maximum absolute atomic E-state index is 9.16. The van der Waals surface area contributed by atoms with Crippen LogP contribution in [0.15, 0.2) is 0 Å². The molecule has 72 valence electrons. The first-order valence-electron chi connectivity index (χ1n) is 3.94. The molecule has 5 N–H and O–H groups in total. The van der Waals surface area contributed by atoms with Crippen molar-refractivity contribution in [3.8, 4) is 0 Å². The highest BCUT2D eigenvalue weighted by molar-refractivity contribution is 4.87. The maximum Gasteiger partial charge on any atom is 0.184 e. The second kappa shape index (κ2) is 3.65. The number of hydrogen-bond acceptors (Lipinski definition) is 6. The van der Waals surface area contributed by atoms with E-state index >= 15 is 0 Å². The zero-order valence-electron chi connectivity index (χ0n) is 7.16. The molecule has 1 aliphatic heterocycles. The molecule has 12 heavy (non-hydrogen) atoms. The molecule has 6 nitrogen and oxygen atoms in total. The van der Waals surface area contributed by atoms with Crippen LogP contribution in [0.5, 0.6) is 0 Å². The van der Waals surface area contributed by atoms with E-state index in [-0.39, 0.29) is 0 Å². The monoisotopic (exact) mass is 181 g/mol. The minimum Gasteiger partial charge on any atom is -0.394 e. The number of rotatable bonds is 1. The first kappa shape index (κ1) is 8.36. The first-order valence-corrected chi connectivity index (χ1v) is 3.44. The lowest BCUT2D eigenvalue weighted by Crippen LogP contribution is -2.58. The Morgan fingerprint density at radius 2 is 1.75 bits per heavy atom. The molecular weight excluding hydrogens is 168 g/mol. The Balaban J connectivity index is 2.79. The molecule has 0 bridgehead atoms. The fraction of sp³-hybridized carbons (Fsp3) is 1.00. The van der Waals surface area contributed by atoms with Gasteiger partial charge in [-0.3, -0.25) is 0 Å². The lowest BCUT2D eigenvalue weighted by molar-refractivity contribution is -0.286. The molecule has 1 fully saturated rings. The van der Waals surface area contributed by atoms with Gasteiger partial charge in [-0.1, -0.05) is 0 Å². The van der Waals surface area contributed by atoms with Gasteiger partial charge >= 0.3 is 0 Å². The second-order valence-corrected chi connectivity index (χ2v) is 2.57. The summed E-state index contributed by atoms with van der Waals surface area (Å²) in [6.07, 6.45) is -9.31. The van der Waals surface area contributed by atoms with Crippen molar-refractivity contribution in [2.24, 2.45) is 0 Å². The SMILES string of the molecule is [2H][C@@]1(O)C(O)O[C@H](CO)[C@@H](O)[C@@H]1O. The summed E-state index contributed by atoms with van der Waals surface area (Å²) in [6, 6.07) is 0. The van der Waals surface area contributed by atoms with Crippen molar-refractivity contribution in [2.45, 2.75) is 30.7 Å². The van der Waals surface area contributed by atoms with E-state index in [1.165, 1.54) is 0 Å². The molecule has 0 radical (unpaired) electrons. The summed E-state index contributed by atoms with van der Waals surface area (Å²) in [4.78, 5) is 0. The summed E-state index contributed by atoms with van der Waals surface area (Å²) >= 11 is 0. The minimum absolute atomic E-state index is 0.620. The van der Waals surface area contributed by atoms with E-state index in [2.05, 4.69) is 4.74 Å². The summed E-state index contributed by atoms with van der Waals surface area (Å²) < 4.78 is 11.5. The summed E-state index contributed by atoms with van der Waals surface area (Å²) in [6.45, 7) is -0.620. The summed E-state index contributed by atoms with van der Waals surface area (Å²) in [5, 5.41) is 45.0. The Bertz CT molecular complexity index is 186. The average molecular weight is 181 g/mol. The van der Waals surface area contributed by atoms with Gasteiger partial charge in [0.05, 0.1) is 7.98 Å². The van der Waals surface area contributed by atoms with Gasteiger partial charge in [0.2, 0.25) is 0 Å². The van der Waals surface area contributed by atoms with E-state index in [0.717, 1.165) is 0 Å². The second-order valence-electron chi connectivity index (χ2n) is 2.57. The van der Waals surface area contributed by atoms with Crippen LogP contribution in [0.1, 0.15) is 1.37 Å². The van der Waals surface area contributed by atoms with Crippen LogP contribution >= 0.6 is 0 Å². The number of aliphatic hydroxyl groups excluding tert-OH is 4. The van der Waals surface area contributed by atoms with Crippen LogP contribution in [0.3, 0.4) is 0 Å². The summed E-state index contributed by atoms with van der Waals surface area (Å²) in [5.41, 5.74) is 0. The van der Waals surface area contributed by atoms with Crippen LogP contribution in [-0.2, 0) is 4.74 Å². The van der Waals surface area contributed by atoms with Crippen LogP contribution in [-0.4, -0.2) is 62.8 Å². The summed E-state index contributed by atoms with van der Waals surface area (Å²) in [5.74, 6) is 0. The average Bonchev–Trinajstić information content (AvgIpc) is 2.09. The lowest BCUT2D eigenvalue weighted by atomic mass is 10.00. The van der Waals surface area contributed by atoms with Gasteiger partial charge in [0.15, 0.2) is 6.29 Å². The molecule has 1 aliphatic rings. The molecular formula is C6H12O6. The van der Waals surface area contributed by atoms with Crippen LogP contribution in [0, 0.1) is 0 Å². The van der Waals surface area contributed by atoms with Gasteiger partial charge in [-0.05, 0) is 0 Å². The molecule has 1 unspecified atom stereocenters. The van der Waals surface area contributed by atoms with Crippen molar-refractivity contribution in [3.05, 3.63) is 0 Å². The number of aliphatic hydroxyl groups is 5. The molecule has 0 amide bonds. The Morgan fingerprint density at radius 3 is 2.25 bits per heavy atom. The van der Waals surface area contributed by atoms with E-state index in [4.69, 9.17) is 26.9 Å². The highest BCUT2D eigenvalue weighted by Gasteiger charge is 2.42. The third-order valence-electron chi connectivity index (χ3n) is 1.74. The molecule has 0 saturated carbocycles. The van der Waals surface area contributed by atoms with Crippen molar-refractivity contribution in [1.82, 2.24) is 0 Å². The summed E-state index contributed by atoms with van der Waals surface area (Å²) in [7, 11) is 0. The molecule has 0 aromatic heterocycles. The topological polar surface area (TPSA) is 110 Å². The highest BCUT2D eigenvalue weighted by atomic mass is 16.6. The maximum atomic E-state index is 9.16. The predicted molar refractivity (Wildman–Crippen MR) is 36.0 cm³/mol. The quantitative estimate of drug-likeness (QED) is 0.291. The third-order valence-corrected chi connectivity index (χ3v) is 1.74. The van der Waals surface area contributed by atoms with E-state index in [9.17, 15) is 0 Å². The third kappa shape index (κ3) is 1.58. The molecule has 0 aromatic carbocycles. The Kier molecular flexibility index (Phi) is 2.54. The van der Waals surface area contributed by atoms with Crippen LogP contribution in [0.4, 0.5) is 0 Å². The predicted octanol–water partition coefficient (Wildman–Crippen LogP) is -3.22. The largest absolute Gasteiger partial charge is 0.394 e. The zero-order chi connectivity index (χ0) is 10.2. The van der Waals surface area contributed by atoms with Crippen molar-refractivity contribution < 1.29 is 31.6 Å². The zero-order valence-corrected chi connectivity index (χ0v) is 6.16. The van der Waals surface area contributed by atoms with Gasteiger partial charge in [-0.25, -0.2) is 0 Å². The molecule has 6 heteroatoms. The van der Waals surface area contributed by atoms with E-state index in [1.807, 2.05) is 0 Å². The minimum atomic E-state index is -2.68. The Morgan fingerprint density at radius 1 is 1.17 bits per heavy atom. The number of ether oxygens (including phenoxy) is 1. The van der Waals surface area contributed by atoms with Gasteiger partial charge in [0.25, 0.3) is 0 Å². The molecule has 1 saturated heterocycles. The van der Waals surface area contributed by atoms with Crippen molar-refractivity contribution in [1.29, 1.82) is 0 Å². The first-order chi connectivity index (χ1) is 5.91. The van der Waals surface area contributed by atoms with Crippen molar-refractivity contribution in [2.75, 3.05) is 6.61 Å². The van der Waals surface area contributed by atoms with E-state index < -0.39 is 37.3 Å². The smallest absolute Gasteiger partial charge is 0.184 e. The fourth-order valence-corrected chi connectivity index (χ4v) is 0.991. The van der Waals surface area contributed by atoms with Gasteiger partial charge in [0, 0.05) is 0 Å². The van der Waals surface area contributed by atoms with Crippen molar-refractivity contribution >= 4 is 0 Å². The number of hydrogen-bond donors (Lipinski definition) is 5. The lowest BCUT2D eigenvalue weighted by Gasteiger charge is -2.37. The van der Waals surface area contributed by atoms with Crippen LogP contribution in [0.2, 0.25) is 0 Å². The highest BCUT2D eigenvalue weighted by Crippen LogP contribution is 2.18. The Labute approximate surface area is 70.0 Å². The van der Waals surface area contributed by atoms with E-state index in [1.54, 1.807) is 0 Å². The fourth-order valence-electron chi connectivity index (χ4n) is 0.991. The van der Waals surface area contributed by atoms with Crippen LogP contribution < -0.4 is 0 Å². The van der Waals surface area contributed by atoms with E-state index in [0.29, 0.717) is 0 Å². The normalized spacial score (nSPS) is 56.6. The van der Waals surface area contributed by atoms with Gasteiger partial charge in [-0.15, -0.1) is 0 Å². The van der Waals surface area contributed by atoms with Crippen molar-refractivity contribution in [3.63, 3.8) is 0 Å². The van der Waals surface area contributed by atoms with Crippen LogP contribution in [0.25, 0.3) is 0 Å². The molecule has 0 aromatic rings.